The van der Waals surface area contributed by atoms with Crippen LogP contribution in [0.25, 0.3) is 0 Å². The first kappa shape index (κ1) is 30.4. The molecule has 11 heteroatoms. The van der Waals surface area contributed by atoms with Crippen molar-refractivity contribution in [3.8, 4) is 0 Å². The Hall–Kier alpha value is -3.14. The zero-order chi connectivity index (χ0) is 28.6. The van der Waals surface area contributed by atoms with E-state index in [1.54, 1.807) is 24.3 Å². The molecule has 7 nitrogen and oxygen atoms in total. The minimum Gasteiger partial charge on any atom is -0.357 e. The topological polar surface area (TPSA) is 86.8 Å². The Labute approximate surface area is 238 Å². The number of carbonyl (C=O) groups excluding carboxylic acids is 2. The van der Waals surface area contributed by atoms with Crippen molar-refractivity contribution in [2.45, 2.75) is 31.8 Å². The third-order valence-electron chi connectivity index (χ3n) is 6.15. The van der Waals surface area contributed by atoms with E-state index in [2.05, 4.69) is 5.32 Å². The van der Waals surface area contributed by atoms with Gasteiger partial charge in [-0.3, -0.25) is 13.9 Å². The molecule has 0 saturated carbocycles. The van der Waals surface area contributed by atoms with Gasteiger partial charge in [0.15, 0.2) is 0 Å². The van der Waals surface area contributed by atoms with Crippen LogP contribution in [-0.4, -0.2) is 51.0 Å². The maximum Gasteiger partial charge on any atom is 0.242 e. The second kappa shape index (κ2) is 13.8. The van der Waals surface area contributed by atoms with Crippen molar-refractivity contribution in [2.24, 2.45) is 0 Å². The van der Waals surface area contributed by atoms with Crippen LogP contribution in [0, 0.1) is 5.82 Å². The molecule has 0 spiro atoms. The summed E-state index contributed by atoms with van der Waals surface area (Å²) < 4.78 is 40.8. The van der Waals surface area contributed by atoms with E-state index in [1.165, 1.54) is 30.1 Å². The second-order valence-corrected chi connectivity index (χ2v) is 11.7. The molecule has 0 radical (unpaired) electrons. The summed E-state index contributed by atoms with van der Waals surface area (Å²) in [5.74, 6) is -1.31. The summed E-state index contributed by atoms with van der Waals surface area (Å²) in [6, 6.07) is 18.8. The third kappa shape index (κ3) is 8.42. The largest absolute Gasteiger partial charge is 0.357 e. The fraction of sp³-hybridized carbons (Fsp3) is 0.286. The molecule has 3 aromatic rings. The van der Waals surface area contributed by atoms with Gasteiger partial charge >= 0.3 is 0 Å². The van der Waals surface area contributed by atoms with Gasteiger partial charge < -0.3 is 10.2 Å². The summed E-state index contributed by atoms with van der Waals surface area (Å²) in [6.45, 7) is -0.187. The van der Waals surface area contributed by atoms with Gasteiger partial charge in [-0.05, 0) is 36.2 Å². The molecule has 0 aliphatic heterocycles. The van der Waals surface area contributed by atoms with Gasteiger partial charge in [0.05, 0.1) is 17.0 Å². The van der Waals surface area contributed by atoms with Crippen molar-refractivity contribution in [2.75, 3.05) is 24.2 Å². The molecule has 2 amide bonds. The molecule has 0 heterocycles. The lowest BCUT2D eigenvalue weighted by Crippen LogP contribution is -2.50. The summed E-state index contributed by atoms with van der Waals surface area (Å²) in [5.41, 5.74) is 1.29. The quantitative estimate of drug-likeness (QED) is 0.318. The molecule has 0 aliphatic carbocycles. The summed E-state index contributed by atoms with van der Waals surface area (Å²) in [5, 5.41) is 3.11. The number of benzene rings is 3. The first-order valence-electron chi connectivity index (χ1n) is 12.2. The first-order chi connectivity index (χ1) is 18.5. The van der Waals surface area contributed by atoms with Gasteiger partial charge in [0.25, 0.3) is 0 Å². The van der Waals surface area contributed by atoms with Crippen LogP contribution in [0.15, 0.2) is 72.8 Å². The molecule has 0 bridgehead atoms. The van der Waals surface area contributed by atoms with Gasteiger partial charge in [0.2, 0.25) is 21.8 Å². The number of likely N-dealkylation sites (N-methyl/N-ethyl adjacent to an activating group) is 1. The zero-order valence-corrected chi connectivity index (χ0v) is 23.9. The van der Waals surface area contributed by atoms with Crippen LogP contribution in [0.4, 0.5) is 10.1 Å². The van der Waals surface area contributed by atoms with E-state index in [4.69, 9.17) is 23.2 Å². The van der Waals surface area contributed by atoms with E-state index in [-0.39, 0.29) is 48.6 Å². The molecule has 0 fully saturated rings. The van der Waals surface area contributed by atoms with Gasteiger partial charge in [-0.25, -0.2) is 12.8 Å². The highest BCUT2D eigenvalue weighted by atomic mass is 35.5. The molecular weight excluding hydrogens is 564 g/mol. The summed E-state index contributed by atoms with van der Waals surface area (Å²) in [6.07, 6.45) is 1.28. The number of rotatable bonds is 12. The van der Waals surface area contributed by atoms with Crippen LogP contribution in [0.2, 0.25) is 10.0 Å². The van der Waals surface area contributed by atoms with E-state index < -0.39 is 33.7 Å². The minimum absolute atomic E-state index is 0.0541. The molecule has 0 unspecified atom stereocenters. The number of sulfonamides is 1. The van der Waals surface area contributed by atoms with E-state index in [0.717, 1.165) is 16.1 Å². The summed E-state index contributed by atoms with van der Waals surface area (Å²) >= 11 is 12.3. The smallest absolute Gasteiger partial charge is 0.242 e. The van der Waals surface area contributed by atoms with Crippen molar-refractivity contribution < 1.29 is 22.4 Å². The molecule has 3 aromatic carbocycles. The monoisotopic (exact) mass is 593 g/mol. The number of hydrogen-bond donors (Lipinski definition) is 1. The Morgan fingerprint density at radius 2 is 1.67 bits per heavy atom. The Bertz CT molecular complexity index is 1410. The Morgan fingerprint density at radius 1 is 1.00 bits per heavy atom. The van der Waals surface area contributed by atoms with Crippen molar-refractivity contribution in [1.82, 2.24) is 10.2 Å². The molecule has 1 N–H and O–H groups in total. The highest BCUT2D eigenvalue weighted by Gasteiger charge is 2.30. The Balaban J connectivity index is 1.87. The lowest BCUT2D eigenvalue weighted by atomic mass is 10.0. The third-order valence-corrected chi connectivity index (χ3v) is 7.88. The summed E-state index contributed by atoms with van der Waals surface area (Å²) in [7, 11) is -2.28. The van der Waals surface area contributed by atoms with E-state index in [9.17, 15) is 22.4 Å². The van der Waals surface area contributed by atoms with Crippen LogP contribution >= 0.6 is 23.2 Å². The first-order valence-corrected chi connectivity index (χ1v) is 14.8. The number of nitrogens with one attached hydrogen (secondary N) is 1. The van der Waals surface area contributed by atoms with Crippen LogP contribution in [0.1, 0.15) is 24.0 Å². The number of amides is 2. The van der Waals surface area contributed by atoms with Crippen molar-refractivity contribution in [3.63, 3.8) is 0 Å². The highest BCUT2D eigenvalue weighted by molar-refractivity contribution is 7.92. The lowest BCUT2D eigenvalue weighted by molar-refractivity contribution is -0.141. The van der Waals surface area contributed by atoms with Crippen LogP contribution < -0.4 is 9.62 Å². The molecule has 208 valence electrons. The van der Waals surface area contributed by atoms with Gasteiger partial charge in [0.1, 0.15) is 11.9 Å². The van der Waals surface area contributed by atoms with Gasteiger partial charge in [-0.15, -0.1) is 0 Å². The Kier molecular flexibility index (Phi) is 10.7. The molecule has 0 aromatic heterocycles. The summed E-state index contributed by atoms with van der Waals surface area (Å²) in [4.78, 5) is 27.9. The zero-order valence-electron chi connectivity index (χ0n) is 21.6. The molecule has 3 rings (SSSR count). The Morgan fingerprint density at radius 3 is 2.31 bits per heavy atom. The maximum absolute atomic E-state index is 14.6. The van der Waals surface area contributed by atoms with Gasteiger partial charge in [-0.1, -0.05) is 71.7 Å². The van der Waals surface area contributed by atoms with E-state index in [0.29, 0.717) is 5.02 Å². The predicted molar refractivity (Wildman–Crippen MR) is 153 cm³/mol. The highest BCUT2D eigenvalue weighted by Crippen LogP contribution is 2.31. The SMILES string of the molecule is CNC(=O)[C@H](Cc1ccccc1)N(Cc1ccccc1F)C(=O)CCCN(c1cc(Cl)ccc1Cl)S(C)(=O)=O. The number of hydrogen-bond acceptors (Lipinski definition) is 4. The average molecular weight is 595 g/mol. The number of carbonyl (C=O) groups is 2. The van der Waals surface area contributed by atoms with E-state index in [1.807, 2.05) is 30.3 Å². The molecule has 1 atom stereocenters. The molecular formula is C28H30Cl2FN3O4S. The fourth-order valence-electron chi connectivity index (χ4n) is 4.19. The van der Waals surface area contributed by atoms with Gasteiger partial charge in [-0.2, -0.15) is 0 Å². The molecule has 39 heavy (non-hydrogen) atoms. The van der Waals surface area contributed by atoms with Crippen LogP contribution in [0.3, 0.4) is 0 Å². The van der Waals surface area contributed by atoms with Crippen molar-refractivity contribution >= 4 is 50.7 Å². The van der Waals surface area contributed by atoms with E-state index >= 15 is 0 Å². The standard InChI is InChI=1S/C28H30Cl2FN3O4S/c1-32-28(36)26(17-20-9-4-3-5-10-20)33(19-21-11-6-7-12-24(21)31)27(35)13-8-16-34(39(2,37)38)25-18-22(29)14-15-23(25)30/h3-7,9-12,14-15,18,26H,8,13,16-17,19H2,1-2H3,(H,32,36)/t26-/m0/s1. The van der Waals surface area contributed by atoms with Crippen LogP contribution in [0.5, 0.6) is 0 Å². The molecule has 0 saturated heterocycles. The molecule has 0 aliphatic rings. The second-order valence-electron chi connectivity index (χ2n) is 8.97. The van der Waals surface area contributed by atoms with Crippen LogP contribution in [-0.2, 0) is 32.6 Å². The number of halogens is 3. The predicted octanol–water partition coefficient (Wildman–Crippen LogP) is 5.06. The normalized spacial score (nSPS) is 12.0. The average Bonchev–Trinajstić information content (AvgIpc) is 2.90. The van der Waals surface area contributed by atoms with Gasteiger partial charge in [0, 0.05) is 43.6 Å². The van der Waals surface area contributed by atoms with Crippen molar-refractivity contribution in [3.05, 3.63) is 99.8 Å². The minimum atomic E-state index is -3.75. The lowest BCUT2D eigenvalue weighted by Gasteiger charge is -2.31. The number of nitrogens with zero attached hydrogens (tertiary/aromatic N) is 2. The van der Waals surface area contributed by atoms with Crippen molar-refractivity contribution in [1.29, 1.82) is 0 Å². The fourth-order valence-corrected chi connectivity index (χ4v) is 5.60. The number of anilines is 1. The maximum atomic E-state index is 14.6.